The molecule has 2 saturated heterocycles. The maximum atomic E-state index is 12.8. The van der Waals surface area contributed by atoms with E-state index in [4.69, 9.17) is 9.47 Å². The molecule has 0 N–H and O–H groups in total. The minimum Gasteiger partial charge on any atom is -0.454 e. The Morgan fingerprint density at radius 2 is 1.91 bits per heavy atom. The standard InChI is InChI=1S/C18H22N2O3/c21-17-18(5-7-19(8-6-18)10-13-1-2-13)11-20(17)14-3-4-15-16(9-14)23-12-22-15/h3-4,9,13H,1-2,5-8,10-12H2. The Morgan fingerprint density at radius 1 is 1.13 bits per heavy atom. The predicted molar refractivity (Wildman–Crippen MR) is 85.7 cm³/mol. The van der Waals surface area contributed by atoms with E-state index in [9.17, 15) is 4.79 Å². The number of hydrogen-bond donors (Lipinski definition) is 0. The average Bonchev–Trinajstić information content (AvgIpc) is 3.27. The van der Waals surface area contributed by atoms with Gasteiger partial charge in [0.25, 0.3) is 0 Å². The van der Waals surface area contributed by atoms with E-state index >= 15 is 0 Å². The number of nitrogens with zero attached hydrogens (tertiary/aromatic N) is 2. The second-order valence-electron chi connectivity index (χ2n) is 7.45. The topological polar surface area (TPSA) is 42.0 Å². The summed E-state index contributed by atoms with van der Waals surface area (Å²) >= 11 is 0. The molecule has 0 atom stereocenters. The van der Waals surface area contributed by atoms with Crippen molar-refractivity contribution in [2.45, 2.75) is 25.7 Å². The first-order valence-electron chi connectivity index (χ1n) is 8.68. The zero-order chi connectivity index (χ0) is 15.4. The molecule has 5 rings (SSSR count). The van der Waals surface area contributed by atoms with E-state index in [2.05, 4.69) is 4.90 Å². The van der Waals surface area contributed by atoms with E-state index in [-0.39, 0.29) is 12.2 Å². The van der Waals surface area contributed by atoms with Crippen molar-refractivity contribution in [3.8, 4) is 11.5 Å². The molecule has 122 valence electrons. The van der Waals surface area contributed by atoms with E-state index in [1.807, 2.05) is 23.1 Å². The molecule has 0 bridgehead atoms. The van der Waals surface area contributed by atoms with Crippen LogP contribution in [0.1, 0.15) is 25.7 Å². The number of carbonyl (C=O) groups is 1. The normalized spacial score (nSPS) is 25.7. The molecule has 3 heterocycles. The first-order chi connectivity index (χ1) is 11.2. The molecule has 1 aromatic rings. The zero-order valence-corrected chi connectivity index (χ0v) is 13.3. The molecule has 5 nitrogen and oxygen atoms in total. The highest BCUT2D eigenvalue weighted by Crippen LogP contribution is 2.46. The fourth-order valence-electron chi connectivity index (χ4n) is 4.10. The Balaban J connectivity index is 1.25. The SMILES string of the molecule is O=C1N(c2ccc3c(c2)OCO3)CC12CCN(CC1CC1)CC2. The molecule has 1 spiro atoms. The van der Waals surface area contributed by atoms with E-state index in [0.29, 0.717) is 5.91 Å². The quantitative estimate of drug-likeness (QED) is 0.803. The zero-order valence-electron chi connectivity index (χ0n) is 13.3. The van der Waals surface area contributed by atoms with Gasteiger partial charge in [-0.3, -0.25) is 4.79 Å². The summed E-state index contributed by atoms with van der Waals surface area (Å²) in [7, 11) is 0. The van der Waals surface area contributed by atoms with Crippen LogP contribution in [0.5, 0.6) is 11.5 Å². The third-order valence-corrected chi connectivity index (χ3v) is 5.85. The minimum atomic E-state index is -0.101. The van der Waals surface area contributed by atoms with E-state index in [1.165, 1.54) is 19.4 Å². The summed E-state index contributed by atoms with van der Waals surface area (Å²) in [5.74, 6) is 2.74. The Kier molecular flexibility index (Phi) is 2.89. The highest BCUT2D eigenvalue weighted by Gasteiger charge is 2.53. The van der Waals surface area contributed by atoms with Crippen LogP contribution in [0.4, 0.5) is 5.69 Å². The van der Waals surface area contributed by atoms with Crippen LogP contribution in [0, 0.1) is 11.3 Å². The average molecular weight is 314 g/mol. The van der Waals surface area contributed by atoms with Crippen LogP contribution in [0.3, 0.4) is 0 Å². The first kappa shape index (κ1) is 13.7. The Bertz CT molecular complexity index is 648. The molecule has 3 fully saturated rings. The van der Waals surface area contributed by atoms with Gasteiger partial charge in [0.15, 0.2) is 11.5 Å². The summed E-state index contributed by atoms with van der Waals surface area (Å²) in [6, 6.07) is 5.78. The number of benzene rings is 1. The number of rotatable bonds is 3. The van der Waals surface area contributed by atoms with Crippen molar-refractivity contribution in [2.24, 2.45) is 11.3 Å². The van der Waals surface area contributed by atoms with Gasteiger partial charge in [0.1, 0.15) is 0 Å². The third-order valence-electron chi connectivity index (χ3n) is 5.85. The third kappa shape index (κ3) is 2.21. The summed E-state index contributed by atoms with van der Waals surface area (Å²) in [4.78, 5) is 17.3. The summed E-state index contributed by atoms with van der Waals surface area (Å²) in [6.45, 7) is 4.53. The van der Waals surface area contributed by atoms with Crippen molar-refractivity contribution in [1.82, 2.24) is 4.90 Å². The van der Waals surface area contributed by atoms with Crippen LogP contribution >= 0.6 is 0 Å². The fraction of sp³-hybridized carbons (Fsp3) is 0.611. The van der Waals surface area contributed by atoms with Gasteiger partial charge in [-0.15, -0.1) is 0 Å². The molecular weight excluding hydrogens is 292 g/mol. The number of amides is 1. The van der Waals surface area contributed by atoms with Crippen molar-refractivity contribution in [2.75, 3.05) is 37.9 Å². The summed E-state index contributed by atoms with van der Waals surface area (Å²) in [5.41, 5.74) is 0.835. The molecule has 0 aromatic heterocycles. The molecule has 0 unspecified atom stereocenters. The number of fused-ring (bicyclic) bond motifs is 1. The predicted octanol–water partition coefficient (Wildman–Crippen LogP) is 2.25. The lowest BCUT2D eigenvalue weighted by molar-refractivity contribution is -0.138. The van der Waals surface area contributed by atoms with Gasteiger partial charge in [-0.05, 0) is 56.8 Å². The molecule has 1 amide bonds. The fourth-order valence-corrected chi connectivity index (χ4v) is 4.10. The Morgan fingerprint density at radius 3 is 2.65 bits per heavy atom. The molecule has 1 aliphatic carbocycles. The minimum absolute atomic E-state index is 0.101. The van der Waals surface area contributed by atoms with Crippen LogP contribution in [0.15, 0.2) is 18.2 Å². The van der Waals surface area contributed by atoms with Crippen LogP contribution in [0.25, 0.3) is 0 Å². The lowest BCUT2D eigenvalue weighted by Gasteiger charge is -2.52. The highest BCUT2D eigenvalue weighted by molar-refractivity contribution is 6.04. The number of piperidine rings is 1. The monoisotopic (exact) mass is 314 g/mol. The van der Waals surface area contributed by atoms with Gasteiger partial charge in [-0.2, -0.15) is 0 Å². The lowest BCUT2D eigenvalue weighted by Crippen LogP contribution is -2.65. The van der Waals surface area contributed by atoms with Crippen LogP contribution in [-0.4, -0.2) is 43.8 Å². The molecule has 4 aliphatic rings. The molecule has 5 heteroatoms. The van der Waals surface area contributed by atoms with Gasteiger partial charge < -0.3 is 19.3 Å². The second-order valence-corrected chi connectivity index (χ2v) is 7.45. The number of ether oxygens (including phenoxy) is 2. The van der Waals surface area contributed by atoms with Crippen molar-refractivity contribution in [3.63, 3.8) is 0 Å². The number of β-lactam (4-membered cyclic amide) rings is 1. The lowest BCUT2D eigenvalue weighted by atomic mass is 9.70. The van der Waals surface area contributed by atoms with Crippen molar-refractivity contribution < 1.29 is 14.3 Å². The highest BCUT2D eigenvalue weighted by atomic mass is 16.7. The van der Waals surface area contributed by atoms with Crippen LogP contribution < -0.4 is 14.4 Å². The van der Waals surface area contributed by atoms with E-state index in [1.54, 1.807) is 0 Å². The van der Waals surface area contributed by atoms with Gasteiger partial charge in [0, 0.05) is 24.8 Å². The number of hydrogen-bond acceptors (Lipinski definition) is 4. The maximum absolute atomic E-state index is 12.8. The first-order valence-corrected chi connectivity index (χ1v) is 8.68. The maximum Gasteiger partial charge on any atom is 0.235 e. The molecule has 3 aliphatic heterocycles. The number of likely N-dealkylation sites (tertiary alicyclic amines) is 1. The number of anilines is 1. The molecule has 0 radical (unpaired) electrons. The number of carbonyl (C=O) groups excluding carboxylic acids is 1. The molecule has 1 saturated carbocycles. The van der Waals surface area contributed by atoms with Gasteiger partial charge in [0.05, 0.1) is 5.41 Å². The van der Waals surface area contributed by atoms with Gasteiger partial charge >= 0.3 is 0 Å². The van der Waals surface area contributed by atoms with Crippen LogP contribution in [0.2, 0.25) is 0 Å². The van der Waals surface area contributed by atoms with Crippen molar-refractivity contribution in [3.05, 3.63) is 18.2 Å². The van der Waals surface area contributed by atoms with Gasteiger partial charge in [0.2, 0.25) is 12.7 Å². The summed E-state index contributed by atoms with van der Waals surface area (Å²) in [5, 5.41) is 0. The molecular formula is C18H22N2O3. The molecule has 1 aromatic carbocycles. The van der Waals surface area contributed by atoms with E-state index in [0.717, 1.165) is 55.6 Å². The Labute approximate surface area is 136 Å². The van der Waals surface area contributed by atoms with E-state index < -0.39 is 0 Å². The molecule has 23 heavy (non-hydrogen) atoms. The Hall–Kier alpha value is -1.75. The van der Waals surface area contributed by atoms with Gasteiger partial charge in [-0.25, -0.2) is 0 Å². The van der Waals surface area contributed by atoms with Crippen molar-refractivity contribution >= 4 is 11.6 Å². The second kappa shape index (κ2) is 4.87. The van der Waals surface area contributed by atoms with Gasteiger partial charge in [-0.1, -0.05) is 0 Å². The largest absolute Gasteiger partial charge is 0.454 e. The van der Waals surface area contributed by atoms with Crippen molar-refractivity contribution in [1.29, 1.82) is 0 Å². The summed E-state index contributed by atoms with van der Waals surface area (Å²) in [6.07, 6.45) is 4.83. The smallest absolute Gasteiger partial charge is 0.235 e. The summed E-state index contributed by atoms with van der Waals surface area (Å²) < 4.78 is 10.8. The van der Waals surface area contributed by atoms with Crippen LogP contribution in [-0.2, 0) is 4.79 Å².